The molecule has 0 saturated heterocycles. The molecule has 2 heterocycles. The molecule has 0 aliphatic rings. The minimum absolute atomic E-state index is 0.212. The van der Waals surface area contributed by atoms with Crippen LogP contribution in [0.5, 0.6) is 5.75 Å². The van der Waals surface area contributed by atoms with Gasteiger partial charge < -0.3 is 4.74 Å². The number of aromatic amines is 1. The van der Waals surface area contributed by atoms with Crippen molar-refractivity contribution in [1.82, 2.24) is 24.4 Å². The third-order valence-corrected chi connectivity index (χ3v) is 5.09. The van der Waals surface area contributed by atoms with Crippen LogP contribution in [0.4, 0.5) is 0 Å². The first-order valence-electron chi connectivity index (χ1n) is 7.74. The van der Waals surface area contributed by atoms with Crippen molar-refractivity contribution in [2.45, 2.75) is 6.61 Å². The highest BCUT2D eigenvalue weighted by Gasteiger charge is 2.13. The number of halogens is 2. The minimum atomic E-state index is 0.212. The molecule has 0 fully saturated rings. The molecule has 2 aromatic carbocycles. The molecule has 4 rings (SSSR count). The number of nitrogens with zero attached hydrogens (tertiary/aromatic N) is 4. The molecule has 2 aromatic heterocycles. The van der Waals surface area contributed by atoms with Gasteiger partial charge in [0.15, 0.2) is 10.6 Å². The van der Waals surface area contributed by atoms with Crippen molar-refractivity contribution < 1.29 is 4.74 Å². The van der Waals surface area contributed by atoms with E-state index in [1.807, 2.05) is 29.6 Å². The van der Waals surface area contributed by atoms with Gasteiger partial charge in [-0.05, 0) is 66.2 Å². The van der Waals surface area contributed by atoms with Crippen LogP contribution in [0.3, 0.4) is 0 Å². The van der Waals surface area contributed by atoms with Crippen molar-refractivity contribution in [2.24, 2.45) is 0 Å². The van der Waals surface area contributed by atoms with E-state index < -0.39 is 0 Å². The molecule has 0 bridgehead atoms. The molecule has 0 saturated carbocycles. The van der Waals surface area contributed by atoms with Crippen molar-refractivity contribution in [3.05, 3.63) is 68.5 Å². The highest BCUT2D eigenvalue weighted by atomic mass is 35.5. The first-order valence-corrected chi connectivity index (χ1v) is 9.74. The molecule has 136 valence electrons. The average Bonchev–Trinajstić information content (AvgIpc) is 3.31. The van der Waals surface area contributed by atoms with Crippen molar-refractivity contribution in [2.75, 3.05) is 0 Å². The van der Waals surface area contributed by atoms with Crippen LogP contribution in [0, 0.1) is 4.77 Å². The summed E-state index contributed by atoms with van der Waals surface area (Å²) in [6, 6.07) is 12.8. The maximum absolute atomic E-state index is 6.30. The van der Waals surface area contributed by atoms with Crippen molar-refractivity contribution in [3.8, 4) is 22.7 Å². The van der Waals surface area contributed by atoms with Crippen LogP contribution in [0.25, 0.3) is 16.9 Å². The Morgan fingerprint density at radius 1 is 1.15 bits per heavy atom. The van der Waals surface area contributed by atoms with E-state index in [1.165, 1.54) is 11.5 Å². The Kier molecular flexibility index (Phi) is 5.22. The van der Waals surface area contributed by atoms with Crippen molar-refractivity contribution in [1.29, 1.82) is 0 Å². The lowest BCUT2D eigenvalue weighted by Crippen LogP contribution is -2.06. The number of benzene rings is 2. The van der Waals surface area contributed by atoms with E-state index in [1.54, 1.807) is 22.8 Å². The van der Waals surface area contributed by atoms with Crippen LogP contribution in [-0.2, 0) is 6.61 Å². The van der Waals surface area contributed by atoms with Crippen LogP contribution in [0.1, 0.15) is 5.82 Å². The first kappa shape index (κ1) is 18.1. The van der Waals surface area contributed by atoms with E-state index in [4.69, 9.17) is 40.2 Å². The highest BCUT2D eigenvalue weighted by Crippen LogP contribution is 2.26. The summed E-state index contributed by atoms with van der Waals surface area (Å²) in [5.41, 5.74) is 2.50. The van der Waals surface area contributed by atoms with E-state index in [0.29, 0.717) is 32.1 Å². The molecule has 0 amide bonds. The van der Waals surface area contributed by atoms with Crippen LogP contribution in [-0.4, -0.2) is 24.4 Å². The van der Waals surface area contributed by atoms with Crippen LogP contribution in [0.15, 0.2) is 47.8 Å². The number of ether oxygens (including phenoxy) is 1. The zero-order valence-corrected chi connectivity index (χ0v) is 16.7. The van der Waals surface area contributed by atoms with E-state index in [0.717, 1.165) is 11.3 Å². The molecule has 0 aliphatic heterocycles. The van der Waals surface area contributed by atoms with Gasteiger partial charge in [-0.25, -0.2) is 0 Å². The van der Waals surface area contributed by atoms with Gasteiger partial charge in [0, 0.05) is 16.0 Å². The van der Waals surface area contributed by atoms with Gasteiger partial charge in [0.1, 0.15) is 18.1 Å². The SMILES string of the molecule is S=c1[nH]nc(COc2ccc(-c3csnn3)cc2)n1-c1ccc(Cl)cc1Cl. The van der Waals surface area contributed by atoms with E-state index in [2.05, 4.69) is 19.8 Å². The van der Waals surface area contributed by atoms with E-state index in [9.17, 15) is 0 Å². The number of rotatable bonds is 5. The average molecular weight is 436 g/mol. The van der Waals surface area contributed by atoms with Gasteiger partial charge >= 0.3 is 0 Å². The Morgan fingerprint density at radius 2 is 1.96 bits per heavy atom. The Balaban J connectivity index is 1.55. The quantitative estimate of drug-likeness (QED) is 0.428. The van der Waals surface area contributed by atoms with E-state index >= 15 is 0 Å². The second-order valence-electron chi connectivity index (χ2n) is 5.48. The van der Waals surface area contributed by atoms with Crippen molar-refractivity contribution in [3.63, 3.8) is 0 Å². The molecule has 0 aliphatic carbocycles. The van der Waals surface area contributed by atoms with Crippen molar-refractivity contribution >= 4 is 47.0 Å². The molecule has 0 unspecified atom stereocenters. The predicted molar refractivity (Wildman–Crippen MR) is 108 cm³/mol. The van der Waals surface area contributed by atoms with E-state index in [-0.39, 0.29) is 6.61 Å². The normalized spacial score (nSPS) is 10.9. The fourth-order valence-electron chi connectivity index (χ4n) is 2.50. The molecular formula is C17H11Cl2N5OS2. The molecular weight excluding hydrogens is 425 g/mol. The summed E-state index contributed by atoms with van der Waals surface area (Å²) in [4.78, 5) is 0. The zero-order chi connectivity index (χ0) is 18.8. The fourth-order valence-corrected chi connectivity index (χ4v) is 3.71. The molecule has 10 heteroatoms. The van der Waals surface area contributed by atoms with Gasteiger partial charge in [0.25, 0.3) is 0 Å². The Bertz CT molecular complexity index is 1120. The Morgan fingerprint density at radius 3 is 2.67 bits per heavy atom. The molecule has 0 radical (unpaired) electrons. The lowest BCUT2D eigenvalue weighted by molar-refractivity contribution is 0.293. The molecule has 1 N–H and O–H groups in total. The number of hydrogen-bond acceptors (Lipinski definition) is 6. The number of nitrogens with one attached hydrogen (secondary N) is 1. The van der Waals surface area contributed by atoms with Gasteiger partial charge in [-0.2, -0.15) is 5.10 Å². The van der Waals surface area contributed by atoms with Gasteiger partial charge in [-0.15, -0.1) is 5.10 Å². The van der Waals surface area contributed by atoms with Gasteiger partial charge in [-0.1, -0.05) is 27.7 Å². The standard InChI is InChI=1S/C17H11Cl2N5OS2/c18-11-3-6-15(13(19)7-11)24-16(21-22-17(24)26)8-25-12-4-1-10(2-5-12)14-9-27-23-20-14/h1-7,9H,8H2,(H,22,26). The summed E-state index contributed by atoms with van der Waals surface area (Å²) in [5.74, 6) is 1.29. The summed E-state index contributed by atoms with van der Waals surface area (Å²) in [7, 11) is 0. The summed E-state index contributed by atoms with van der Waals surface area (Å²) in [6.07, 6.45) is 0. The van der Waals surface area contributed by atoms with Gasteiger partial charge in [0.05, 0.1) is 10.7 Å². The largest absolute Gasteiger partial charge is 0.486 e. The number of H-pyrrole nitrogens is 1. The van der Waals surface area contributed by atoms with Gasteiger partial charge in [0.2, 0.25) is 0 Å². The van der Waals surface area contributed by atoms with Crippen LogP contribution in [0.2, 0.25) is 10.0 Å². The highest BCUT2D eigenvalue weighted by molar-refractivity contribution is 7.71. The summed E-state index contributed by atoms with van der Waals surface area (Å²) in [5, 5.41) is 14.0. The maximum atomic E-state index is 6.30. The smallest absolute Gasteiger partial charge is 0.200 e. The monoisotopic (exact) mass is 435 g/mol. The second-order valence-corrected chi connectivity index (χ2v) is 7.32. The second kappa shape index (κ2) is 7.77. The predicted octanol–water partition coefficient (Wildman–Crippen LogP) is 5.33. The summed E-state index contributed by atoms with van der Waals surface area (Å²) >= 11 is 18.9. The summed E-state index contributed by atoms with van der Waals surface area (Å²) < 4.78 is 11.9. The topological polar surface area (TPSA) is 68.6 Å². The zero-order valence-electron chi connectivity index (χ0n) is 13.6. The minimum Gasteiger partial charge on any atom is -0.486 e. The lowest BCUT2D eigenvalue weighted by Gasteiger charge is -2.10. The van der Waals surface area contributed by atoms with Gasteiger partial charge in [-0.3, -0.25) is 9.67 Å². The number of aromatic nitrogens is 5. The Hall–Kier alpha value is -2.26. The molecule has 0 atom stereocenters. The summed E-state index contributed by atoms with van der Waals surface area (Å²) in [6.45, 7) is 0.212. The third kappa shape index (κ3) is 3.89. The Labute approximate surface area is 173 Å². The number of hydrogen-bond donors (Lipinski definition) is 1. The first-order chi connectivity index (χ1) is 13.1. The van der Waals surface area contributed by atoms with Crippen LogP contribution < -0.4 is 4.74 Å². The third-order valence-electron chi connectivity index (χ3n) is 3.77. The molecule has 27 heavy (non-hydrogen) atoms. The molecule has 0 spiro atoms. The molecule has 6 nitrogen and oxygen atoms in total. The van der Waals surface area contributed by atoms with Crippen LogP contribution >= 0.6 is 47.0 Å². The lowest BCUT2D eigenvalue weighted by atomic mass is 10.2. The fraction of sp³-hybridized carbons (Fsp3) is 0.0588. The molecule has 4 aromatic rings. The maximum Gasteiger partial charge on any atom is 0.200 e.